The van der Waals surface area contributed by atoms with Crippen LogP contribution in [-0.4, -0.2) is 30.8 Å². The second-order valence-electron chi connectivity index (χ2n) is 4.79. The zero-order valence-electron chi connectivity index (χ0n) is 10.6. The third-order valence-electron chi connectivity index (χ3n) is 3.33. The summed E-state index contributed by atoms with van der Waals surface area (Å²) in [7, 11) is 0. The molecule has 2 N–H and O–H groups in total. The fraction of sp³-hybridized carbons (Fsp3) is 0.500. The van der Waals surface area contributed by atoms with Crippen LogP contribution in [0.25, 0.3) is 0 Å². The van der Waals surface area contributed by atoms with E-state index in [1.54, 1.807) is 6.07 Å². The molecule has 1 fully saturated rings. The lowest BCUT2D eigenvalue weighted by atomic mass is 10.00. The van der Waals surface area contributed by atoms with E-state index in [-0.39, 0.29) is 0 Å². The zero-order chi connectivity index (χ0) is 13.0. The van der Waals surface area contributed by atoms with Gasteiger partial charge in [-0.15, -0.1) is 0 Å². The smallest absolute Gasteiger partial charge is 0.337 e. The highest BCUT2D eigenvalue weighted by molar-refractivity contribution is 5.94. The van der Waals surface area contributed by atoms with Crippen molar-refractivity contribution in [2.24, 2.45) is 5.92 Å². The first kappa shape index (κ1) is 12.9. The molecule has 1 aliphatic rings. The monoisotopic (exact) mass is 249 g/mol. The van der Waals surface area contributed by atoms with E-state index in [0.717, 1.165) is 38.2 Å². The summed E-state index contributed by atoms with van der Waals surface area (Å²) in [6.45, 7) is 4.33. The fourth-order valence-corrected chi connectivity index (χ4v) is 2.19. The van der Waals surface area contributed by atoms with Crippen LogP contribution in [-0.2, 0) is 4.74 Å². The summed E-state index contributed by atoms with van der Waals surface area (Å²) in [4.78, 5) is 11.2. The van der Waals surface area contributed by atoms with Crippen molar-refractivity contribution in [2.75, 3.05) is 25.1 Å². The Morgan fingerprint density at radius 1 is 1.44 bits per heavy atom. The largest absolute Gasteiger partial charge is 0.478 e. The van der Waals surface area contributed by atoms with Crippen LogP contribution in [0, 0.1) is 12.8 Å². The summed E-state index contributed by atoms with van der Waals surface area (Å²) in [5, 5.41) is 12.4. The molecule has 0 aliphatic carbocycles. The number of carboxylic acids is 1. The topological polar surface area (TPSA) is 58.6 Å². The van der Waals surface area contributed by atoms with Gasteiger partial charge in [0.25, 0.3) is 0 Å². The molecule has 1 aliphatic heterocycles. The molecule has 4 nitrogen and oxygen atoms in total. The van der Waals surface area contributed by atoms with E-state index in [1.165, 1.54) is 0 Å². The van der Waals surface area contributed by atoms with Gasteiger partial charge in [0.15, 0.2) is 0 Å². The van der Waals surface area contributed by atoms with Gasteiger partial charge < -0.3 is 15.2 Å². The molecule has 0 radical (unpaired) electrons. The van der Waals surface area contributed by atoms with Crippen LogP contribution in [0.3, 0.4) is 0 Å². The highest BCUT2D eigenvalue weighted by atomic mass is 16.5. The van der Waals surface area contributed by atoms with Crippen molar-refractivity contribution in [1.29, 1.82) is 0 Å². The van der Waals surface area contributed by atoms with E-state index in [1.807, 2.05) is 19.1 Å². The lowest BCUT2D eigenvalue weighted by molar-refractivity contribution is 0.0689. The molecule has 1 heterocycles. The molecular formula is C14H19NO3. The van der Waals surface area contributed by atoms with Crippen molar-refractivity contribution in [2.45, 2.75) is 19.8 Å². The molecule has 1 aromatic rings. The molecule has 0 unspecified atom stereocenters. The highest BCUT2D eigenvalue weighted by Crippen LogP contribution is 2.20. The summed E-state index contributed by atoms with van der Waals surface area (Å²) in [5.41, 5.74) is 2.02. The molecule has 0 spiro atoms. The lowest BCUT2D eigenvalue weighted by Crippen LogP contribution is -2.23. The number of anilines is 1. The molecule has 0 bridgehead atoms. The first-order chi connectivity index (χ1) is 8.66. The predicted molar refractivity (Wildman–Crippen MR) is 70.2 cm³/mol. The molecule has 18 heavy (non-hydrogen) atoms. The van der Waals surface area contributed by atoms with E-state index < -0.39 is 5.97 Å². The quantitative estimate of drug-likeness (QED) is 0.861. The van der Waals surface area contributed by atoms with Crippen LogP contribution in [0.5, 0.6) is 0 Å². The molecule has 0 saturated carbocycles. The van der Waals surface area contributed by atoms with Crippen molar-refractivity contribution in [3.63, 3.8) is 0 Å². The number of rotatable bonds is 4. The second-order valence-corrected chi connectivity index (χ2v) is 4.79. The van der Waals surface area contributed by atoms with E-state index >= 15 is 0 Å². The van der Waals surface area contributed by atoms with E-state index in [4.69, 9.17) is 9.84 Å². The molecule has 0 atom stereocenters. The standard InChI is InChI=1S/C14H19NO3/c1-10-2-3-13(12(8-10)14(16)17)15-9-11-4-6-18-7-5-11/h2-3,8,11,15H,4-7,9H2,1H3,(H,16,17). The number of aryl methyl sites for hydroxylation is 1. The maximum atomic E-state index is 11.2. The summed E-state index contributed by atoms with van der Waals surface area (Å²) in [6, 6.07) is 5.48. The molecule has 2 rings (SSSR count). The third-order valence-corrected chi connectivity index (χ3v) is 3.33. The summed E-state index contributed by atoms with van der Waals surface area (Å²) in [6.07, 6.45) is 2.09. The minimum absolute atomic E-state index is 0.349. The van der Waals surface area contributed by atoms with Gasteiger partial charge in [-0.1, -0.05) is 11.6 Å². The zero-order valence-corrected chi connectivity index (χ0v) is 10.6. The highest BCUT2D eigenvalue weighted by Gasteiger charge is 2.15. The average molecular weight is 249 g/mol. The second kappa shape index (κ2) is 5.87. The van der Waals surface area contributed by atoms with Gasteiger partial charge in [-0.2, -0.15) is 0 Å². The molecular weight excluding hydrogens is 230 g/mol. The Balaban J connectivity index is 2.01. The van der Waals surface area contributed by atoms with Gasteiger partial charge in [-0.05, 0) is 37.8 Å². The Kier molecular flexibility index (Phi) is 4.20. The van der Waals surface area contributed by atoms with Gasteiger partial charge in [0.1, 0.15) is 0 Å². The predicted octanol–water partition coefficient (Wildman–Crippen LogP) is 2.53. The lowest BCUT2D eigenvalue weighted by Gasteiger charge is -2.23. The Morgan fingerprint density at radius 3 is 2.83 bits per heavy atom. The number of ether oxygens (including phenoxy) is 1. The minimum atomic E-state index is -0.881. The van der Waals surface area contributed by atoms with Crippen molar-refractivity contribution in [1.82, 2.24) is 0 Å². The number of carbonyl (C=O) groups is 1. The van der Waals surface area contributed by atoms with Crippen LogP contribution in [0.15, 0.2) is 18.2 Å². The summed E-state index contributed by atoms with van der Waals surface area (Å²) in [5.74, 6) is -0.310. The summed E-state index contributed by atoms with van der Waals surface area (Å²) < 4.78 is 5.31. The summed E-state index contributed by atoms with van der Waals surface area (Å²) >= 11 is 0. The average Bonchev–Trinajstić information content (AvgIpc) is 2.38. The van der Waals surface area contributed by atoms with Gasteiger partial charge >= 0.3 is 5.97 Å². The number of aromatic carboxylic acids is 1. The van der Waals surface area contributed by atoms with Crippen molar-refractivity contribution in [3.8, 4) is 0 Å². The van der Waals surface area contributed by atoms with Gasteiger partial charge in [-0.3, -0.25) is 0 Å². The number of carboxylic acid groups (broad SMARTS) is 1. The number of benzene rings is 1. The van der Waals surface area contributed by atoms with Crippen molar-refractivity contribution >= 4 is 11.7 Å². The van der Waals surface area contributed by atoms with E-state index in [2.05, 4.69) is 5.32 Å². The van der Waals surface area contributed by atoms with Crippen LogP contribution < -0.4 is 5.32 Å². The molecule has 4 heteroatoms. The van der Waals surface area contributed by atoms with Crippen molar-refractivity contribution in [3.05, 3.63) is 29.3 Å². The van der Waals surface area contributed by atoms with Crippen LogP contribution in [0.4, 0.5) is 5.69 Å². The maximum Gasteiger partial charge on any atom is 0.337 e. The minimum Gasteiger partial charge on any atom is -0.478 e. The Bertz CT molecular complexity index is 425. The van der Waals surface area contributed by atoms with Crippen molar-refractivity contribution < 1.29 is 14.6 Å². The number of hydrogen-bond acceptors (Lipinski definition) is 3. The Labute approximate surface area is 107 Å². The third kappa shape index (κ3) is 3.23. The first-order valence-corrected chi connectivity index (χ1v) is 6.32. The van der Waals surface area contributed by atoms with E-state index in [0.29, 0.717) is 17.2 Å². The van der Waals surface area contributed by atoms with Crippen LogP contribution in [0.2, 0.25) is 0 Å². The van der Waals surface area contributed by atoms with Gasteiger partial charge in [0.2, 0.25) is 0 Å². The molecule has 98 valence electrons. The first-order valence-electron chi connectivity index (χ1n) is 6.32. The van der Waals surface area contributed by atoms with E-state index in [9.17, 15) is 4.79 Å². The number of nitrogens with one attached hydrogen (secondary N) is 1. The molecule has 1 saturated heterocycles. The SMILES string of the molecule is Cc1ccc(NCC2CCOCC2)c(C(=O)O)c1. The fourth-order valence-electron chi connectivity index (χ4n) is 2.19. The van der Waals surface area contributed by atoms with Crippen LogP contribution >= 0.6 is 0 Å². The van der Waals surface area contributed by atoms with Gasteiger partial charge in [0.05, 0.1) is 5.56 Å². The Hall–Kier alpha value is -1.55. The normalized spacial score (nSPS) is 16.5. The molecule has 0 aromatic heterocycles. The van der Waals surface area contributed by atoms with Crippen LogP contribution in [0.1, 0.15) is 28.8 Å². The maximum absolute atomic E-state index is 11.2. The van der Waals surface area contributed by atoms with Gasteiger partial charge in [0, 0.05) is 25.4 Å². The number of hydrogen-bond donors (Lipinski definition) is 2. The Morgan fingerprint density at radius 2 is 2.17 bits per heavy atom. The van der Waals surface area contributed by atoms with Gasteiger partial charge in [-0.25, -0.2) is 4.79 Å². The molecule has 1 aromatic carbocycles. The molecule has 0 amide bonds.